The summed E-state index contributed by atoms with van der Waals surface area (Å²) in [7, 11) is 0. The average molecular weight is 377 g/mol. The standard InChI is InChI=1S/C17H23N5O3S/c1-5-25-14(24)9-26-17-21-20-16(18)22(17)8-13(23)19-15-11(3)6-10(2)7-12(15)4/h6-7H,5,8-9H2,1-4H3,(H2,18,20)(H,19,23). The summed E-state index contributed by atoms with van der Waals surface area (Å²) < 4.78 is 6.35. The lowest BCUT2D eigenvalue weighted by molar-refractivity contribution is -0.139. The zero-order valence-electron chi connectivity index (χ0n) is 15.3. The number of carbonyl (C=O) groups excluding carboxylic acids is 2. The fourth-order valence-corrected chi connectivity index (χ4v) is 3.32. The maximum absolute atomic E-state index is 12.5. The molecule has 0 spiro atoms. The molecule has 3 N–H and O–H groups in total. The van der Waals surface area contributed by atoms with Crippen LogP contribution in [0.5, 0.6) is 0 Å². The van der Waals surface area contributed by atoms with E-state index in [9.17, 15) is 9.59 Å². The molecule has 0 atom stereocenters. The lowest BCUT2D eigenvalue weighted by Crippen LogP contribution is -2.21. The molecule has 1 aromatic heterocycles. The summed E-state index contributed by atoms with van der Waals surface area (Å²) in [5, 5.41) is 11.0. The van der Waals surface area contributed by atoms with Gasteiger partial charge >= 0.3 is 5.97 Å². The van der Waals surface area contributed by atoms with E-state index in [0.717, 1.165) is 34.1 Å². The number of amides is 1. The van der Waals surface area contributed by atoms with E-state index in [2.05, 4.69) is 15.5 Å². The molecule has 0 bridgehead atoms. The van der Waals surface area contributed by atoms with Gasteiger partial charge in [0.2, 0.25) is 11.9 Å². The summed E-state index contributed by atoms with van der Waals surface area (Å²) in [6.07, 6.45) is 0. The van der Waals surface area contributed by atoms with Crippen molar-refractivity contribution in [1.82, 2.24) is 14.8 Å². The van der Waals surface area contributed by atoms with Crippen LogP contribution in [0.25, 0.3) is 0 Å². The Hall–Kier alpha value is -2.55. The molecular formula is C17H23N5O3S. The summed E-state index contributed by atoms with van der Waals surface area (Å²) in [6.45, 7) is 7.91. The van der Waals surface area contributed by atoms with Gasteiger partial charge < -0.3 is 15.8 Å². The minimum Gasteiger partial charge on any atom is -0.465 e. The normalized spacial score (nSPS) is 10.6. The van der Waals surface area contributed by atoms with Crippen molar-refractivity contribution in [2.45, 2.75) is 39.4 Å². The van der Waals surface area contributed by atoms with E-state index >= 15 is 0 Å². The third kappa shape index (κ3) is 4.98. The Morgan fingerprint density at radius 3 is 2.50 bits per heavy atom. The third-order valence-corrected chi connectivity index (χ3v) is 4.55. The monoisotopic (exact) mass is 377 g/mol. The molecule has 1 amide bonds. The van der Waals surface area contributed by atoms with Crippen LogP contribution in [-0.2, 0) is 20.9 Å². The lowest BCUT2D eigenvalue weighted by Gasteiger charge is -2.14. The smallest absolute Gasteiger partial charge is 0.316 e. The second kappa shape index (κ2) is 8.70. The second-order valence-electron chi connectivity index (χ2n) is 5.84. The van der Waals surface area contributed by atoms with Crippen LogP contribution in [0.2, 0.25) is 0 Å². The minimum atomic E-state index is -0.360. The van der Waals surface area contributed by atoms with Crippen molar-refractivity contribution in [2.24, 2.45) is 0 Å². The largest absolute Gasteiger partial charge is 0.465 e. The van der Waals surface area contributed by atoms with E-state index in [1.807, 2.05) is 32.9 Å². The van der Waals surface area contributed by atoms with Crippen LogP contribution < -0.4 is 11.1 Å². The summed E-state index contributed by atoms with van der Waals surface area (Å²) in [5.41, 5.74) is 9.71. The van der Waals surface area contributed by atoms with E-state index in [0.29, 0.717) is 11.8 Å². The highest BCUT2D eigenvalue weighted by molar-refractivity contribution is 7.99. The van der Waals surface area contributed by atoms with Crippen LogP contribution in [0.3, 0.4) is 0 Å². The van der Waals surface area contributed by atoms with Gasteiger partial charge in [-0.05, 0) is 38.8 Å². The number of nitrogens with zero attached hydrogens (tertiary/aromatic N) is 3. The maximum Gasteiger partial charge on any atom is 0.316 e. The van der Waals surface area contributed by atoms with Crippen LogP contribution in [0, 0.1) is 20.8 Å². The molecular weight excluding hydrogens is 354 g/mol. The fourth-order valence-electron chi connectivity index (χ4n) is 2.58. The van der Waals surface area contributed by atoms with Crippen LogP contribution in [0.15, 0.2) is 17.3 Å². The number of aromatic nitrogens is 3. The molecule has 0 radical (unpaired) electrons. The van der Waals surface area contributed by atoms with E-state index < -0.39 is 0 Å². The molecule has 0 aliphatic heterocycles. The number of esters is 1. The fraction of sp³-hybridized carbons (Fsp3) is 0.412. The van der Waals surface area contributed by atoms with Gasteiger partial charge in [-0.2, -0.15) is 0 Å². The lowest BCUT2D eigenvalue weighted by atomic mass is 10.1. The first-order chi connectivity index (χ1) is 12.3. The van der Waals surface area contributed by atoms with Crippen molar-refractivity contribution >= 4 is 35.3 Å². The predicted octanol–water partition coefficient (Wildman–Crippen LogP) is 2.08. The number of benzene rings is 1. The average Bonchev–Trinajstić information content (AvgIpc) is 2.89. The molecule has 0 aliphatic rings. The number of nitrogens with two attached hydrogens (primary N) is 1. The Labute approximate surface area is 156 Å². The summed E-state index contributed by atoms with van der Waals surface area (Å²) >= 11 is 1.13. The number of aryl methyl sites for hydroxylation is 3. The van der Waals surface area contributed by atoms with Crippen molar-refractivity contribution in [1.29, 1.82) is 0 Å². The molecule has 0 saturated heterocycles. The molecule has 26 heavy (non-hydrogen) atoms. The quantitative estimate of drug-likeness (QED) is 0.561. The van der Waals surface area contributed by atoms with Gasteiger partial charge in [-0.25, -0.2) is 0 Å². The highest BCUT2D eigenvalue weighted by Crippen LogP contribution is 2.23. The van der Waals surface area contributed by atoms with Crippen LogP contribution >= 0.6 is 11.8 Å². The Morgan fingerprint density at radius 2 is 1.88 bits per heavy atom. The number of nitrogen functional groups attached to an aromatic ring is 1. The van der Waals surface area contributed by atoms with Gasteiger partial charge in [0.05, 0.1) is 12.4 Å². The summed E-state index contributed by atoms with van der Waals surface area (Å²) in [6, 6.07) is 4.02. The van der Waals surface area contributed by atoms with Crippen LogP contribution in [0.1, 0.15) is 23.6 Å². The first kappa shape index (κ1) is 19.8. The molecule has 0 unspecified atom stereocenters. The number of rotatable bonds is 7. The molecule has 1 heterocycles. The summed E-state index contributed by atoms with van der Waals surface area (Å²) in [5.74, 6) is -0.418. The highest BCUT2D eigenvalue weighted by atomic mass is 32.2. The van der Waals surface area contributed by atoms with E-state index in [1.54, 1.807) is 6.92 Å². The third-order valence-electron chi connectivity index (χ3n) is 3.61. The Balaban J connectivity index is 2.08. The SMILES string of the molecule is CCOC(=O)CSc1nnc(N)n1CC(=O)Nc1c(C)cc(C)cc1C. The number of carbonyl (C=O) groups is 2. The van der Waals surface area contributed by atoms with Crippen LogP contribution in [-0.4, -0.2) is 39.0 Å². The topological polar surface area (TPSA) is 112 Å². The van der Waals surface area contributed by atoms with Gasteiger partial charge in [-0.3, -0.25) is 14.2 Å². The Morgan fingerprint density at radius 1 is 1.23 bits per heavy atom. The zero-order chi connectivity index (χ0) is 19.3. The maximum atomic E-state index is 12.5. The zero-order valence-corrected chi connectivity index (χ0v) is 16.1. The molecule has 0 fully saturated rings. The molecule has 2 aromatic rings. The second-order valence-corrected chi connectivity index (χ2v) is 6.79. The molecule has 9 heteroatoms. The van der Waals surface area contributed by atoms with Gasteiger partial charge in [0.15, 0.2) is 5.16 Å². The minimum absolute atomic E-state index is 0.0449. The van der Waals surface area contributed by atoms with Gasteiger partial charge in [0.25, 0.3) is 0 Å². The highest BCUT2D eigenvalue weighted by Gasteiger charge is 2.16. The number of hydrogen-bond donors (Lipinski definition) is 2. The number of thioether (sulfide) groups is 1. The van der Waals surface area contributed by atoms with E-state index in [4.69, 9.17) is 10.5 Å². The van der Waals surface area contributed by atoms with Crippen molar-refractivity contribution in [3.63, 3.8) is 0 Å². The molecule has 0 aliphatic carbocycles. The Bertz CT molecular complexity index is 796. The first-order valence-electron chi connectivity index (χ1n) is 8.16. The van der Waals surface area contributed by atoms with E-state index in [-0.39, 0.29) is 30.1 Å². The number of hydrogen-bond acceptors (Lipinski definition) is 7. The van der Waals surface area contributed by atoms with Crippen molar-refractivity contribution < 1.29 is 14.3 Å². The number of ether oxygens (including phenoxy) is 1. The van der Waals surface area contributed by atoms with Gasteiger partial charge in [0, 0.05) is 5.69 Å². The molecule has 2 rings (SSSR count). The first-order valence-corrected chi connectivity index (χ1v) is 9.15. The predicted molar refractivity (Wildman–Crippen MR) is 101 cm³/mol. The van der Waals surface area contributed by atoms with Gasteiger partial charge in [0.1, 0.15) is 6.54 Å². The molecule has 140 valence electrons. The van der Waals surface area contributed by atoms with E-state index in [1.165, 1.54) is 4.57 Å². The molecule has 1 aromatic carbocycles. The van der Waals surface area contributed by atoms with Crippen LogP contribution in [0.4, 0.5) is 11.6 Å². The molecule has 8 nitrogen and oxygen atoms in total. The molecule has 0 saturated carbocycles. The van der Waals surface area contributed by atoms with Crippen molar-refractivity contribution in [2.75, 3.05) is 23.4 Å². The van der Waals surface area contributed by atoms with Crippen molar-refractivity contribution in [3.8, 4) is 0 Å². The Kier molecular flexibility index (Phi) is 6.62. The van der Waals surface area contributed by atoms with Crippen molar-refractivity contribution in [3.05, 3.63) is 28.8 Å². The summed E-state index contributed by atoms with van der Waals surface area (Å²) in [4.78, 5) is 24.0. The number of anilines is 2. The number of nitrogens with one attached hydrogen (secondary N) is 1. The van der Waals surface area contributed by atoms with Gasteiger partial charge in [-0.1, -0.05) is 29.5 Å². The van der Waals surface area contributed by atoms with Gasteiger partial charge in [-0.15, -0.1) is 10.2 Å².